The number of carbonyl (C=O) groups is 1. The molecule has 0 aliphatic rings. The van der Waals surface area contributed by atoms with Crippen LogP contribution < -0.4 is 14.5 Å². The van der Waals surface area contributed by atoms with Crippen molar-refractivity contribution < 1.29 is 17.9 Å². The van der Waals surface area contributed by atoms with Gasteiger partial charge in [-0.3, -0.25) is 9.10 Å². The van der Waals surface area contributed by atoms with Crippen LogP contribution in [0.25, 0.3) is 5.69 Å². The predicted molar refractivity (Wildman–Crippen MR) is 157 cm³/mol. The number of sulfonamides is 1. The van der Waals surface area contributed by atoms with E-state index in [2.05, 4.69) is 31.0 Å². The third kappa shape index (κ3) is 6.40. The smallest absolute Gasteiger partial charge is 0.264 e. The van der Waals surface area contributed by atoms with Crippen molar-refractivity contribution in [1.82, 2.24) is 9.99 Å². The van der Waals surface area contributed by atoms with Gasteiger partial charge in [0.25, 0.3) is 15.9 Å². The Morgan fingerprint density at radius 3 is 2.46 bits per heavy atom. The lowest BCUT2D eigenvalue weighted by atomic mass is 10.2. The fourth-order valence-electron chi connectivity index (χ4n) is 4.23. The molecule has 0 unspecified atom stereocenters. The van der Waals surface area contributed by atoms with E-state index in [1.54, 1.807) is 48.7 Å². The Labute approximate surface area is 237 Å². The lowest BCUT2D eigenvalue weighted by Gasteiger charge is -2.25. The van der Waals surface area contributed by atoms with Gasteiger partial charge in [0.2, 0.25) is 0 Å². The molecule has 0 aliphatic heterocycles. The number of para-hydroxylation sites is 2. The summed E-state index contributed by atoms with van der Waals surface area (Å²) in [5, 5.41) is 4.13. The van der Waals surface area contributed by atoms with Gasteiger partial charge in [0.1, 0.15) is 12.3 Å². The van der Waals surface area contributed by atoms with Gasteiger partial charge in [0, 0.05) is 27.1 Å². The van der Waals surface area contributed by atoms with Gasteiger partial charge in [-0.1, -0.05) is 52.3 Å². The van der Waals surface area contributed by atoms with Crippen molar-refractivity contribution in [3.63, 3.8) is 0 Å². The number of benzene rings is 3. The second-order valence-corrected chi connectivity index (χ2v) is 11.4. The van der Waals surface area contributed by atoms with E-state index in [9.17, 15) is 13.2 Å². The van der Waals surface area contributed by atoms with Crippen molar-refractivity contribution >= 4 is 43.8 Å². The number of aromatic nitrogens is 1. The van der Waals surface area contributed by atoms with Crippen LogP contribution in [-0.2, 0) is 14.8 Å². The molecule has 202 valence electrons. The van der Waals surface area contributed by atoms with Crippen molar-refractivity contribution in [3.05, 3.63) is 106 Å². The summed E-state index contributed by atoms with van der Waals surface area (Å²) < 4.78 is 37.0. The Hall–Kier alpha value is -3.89. The monoisotopic (exact) mass is 608 g/mol. The van der Waals surface area contributed by atoms with E-state index in [4.69, 9.17) is 4.74 Å². The minimum absolute atomic E-state index is 0.0626. The van der Waals surface area contributed by atoms with Crippen molar-refractivity contribution in [2.75, 3.05) is 17.5 Å². The summed E-state index contributed by atoms with van der Waals surface area (Å²) in [6.07, 6.45) is 1.55. The normalized spacial score (nSPS) is 11.5. The molecule has 4 rings (SSSR count). The first-order valence-electron chi connectivity index (χ1n) is 12.3. The van der Waals surface area contributed by atoms with Gasteiger partial charge in [-0.05, 0) is 69.3 Å². The standard InChI is InChI=1S/C29H29BrN4O4S/c1-4-38-28-16-9-8-15-27(28)33(39(36,37)26-13-6-5-7-14-26)20-29(35)32-31-19-23-17-21(2)34(22(23)3)25-12-10-11-24(30)18-25/h5-19H,4,20H2,1-3H3,(H,32,35)/b31-19-. The summed E-state index contributed by atoms with van der Waals surface area (Å²) in [4.78, 5) is 13.1. The number of carbonyl (C=O) groups excluding carboxylic acids is 1. The summed E-state index contributed by atoms with van der Waals surface area (Å²) in [6.45, 7) is 5.62. The van der Waals surface area contributed by atoms with Crippen LogP contribution in [0.4, 0.5) is 5.69 Å². The molecule has 1 aromatic heterocycles. The number of rotatable bonds is 10. The fourth-order valence-corrected chi connectivity index (χ4v) is 6.07. The van der Waals surface area contributed by atoms with Gasteiger partial charge in [0.05, 0.1) is 23.4 Å². The number of amides is 1. The van der Waals surface area contributed by atoms with Gasteiger partial charge in [0.15, 0.2) is 0 Å². The zero-order valence-electron chi connectivity index (χ0n) is 21.8. The highest BCUT2D eigenvalue weighted by Crippen LogP contribution is 2.32. The molecular formula is C29H29BrN4O4S. The van der Waals surface area contributed by atoms with Crippen molar-refractivity contribution in [2.45, 2.75) is 25.7 Å². The van der Waals surface area contributed by atoms with Crippen LogP contribution in [0.5, 0.6) is 5.75 Å². The van der Waals surface area contributed by atoms with E-state index >= 15 is 0 Å². The third-order valence-corrected chi connectivity index (χ3v) is 8.25. The lowest BCUT2D eigenvalue weighted by molar-refractivity contribution is -0.119. The quantitative estimate of drug-likeness (QED) is 0.187. The van der Waals surface area contributed by atoms with E-state index in [1.807, 2.05) is 51.1 Å². The first-order valence-corrected chi connectivity index (χ1v) is 14.5. The molecule has 0 bridgehead atoms. The van der Waals surface area contributed by atoms with Gasteiger partial charge in [-0.15, -0.1) is 0 Å². The number of nitrogens with one attached hydrogen (secondary N) is 1. The SMILES string of the molecule is CCOc1ccccc1N(CC(=O)N/N=C\c1cc(C)n(-c2cccc(Br)c2)c1C)S(=O)(=O)c1ccccc1. The van der Waals surface area contributed by atoms with Crippen LogP contribution in [0, 0.1) is 13.8 Å². The van der Waals surface area contributed by atoms with Gasteiger partial charge >= 0.3 is 0 Å². The van der Waals surface area contributed by atoms with E-state index in [-0.39, 0.29) is 10.6 Å². The van der Waals surface area contributed by atoms with Crippen LogP contribution >= 0.6 is 15.9 Å². The maximum atomic E-state index is 13.6. The van der Waals surface area contributed by atoms with Crippen molar-refractivity contribution in [2.24, 2.45) is 5.10 Å². The van der Waals surface area contributed by atoms with Crippen LogP contribution in [0.15, 0.2) is 99.4 Å². The number of nitrogens with zero attached hydrogens (tertiary/aromatic N) is 3. The molecule has 1 N–H and O–H groups in total. The van der Waals surface area contributed by atoms with Crippen LogP contribution in [0.2, 0.25) is 0 Å². The molecule has 0 saturated heterocycles. The molecule has 3 aromatic carbocycles. The molecular weight excluding hydrogens is 580 g/mol. The third-order valence-electron chi connectivity index (χ3n) is 5.98. The van der Waals surface area contributed by atoms with Gasteiger partial charge in [-0.25, -0.2) is 13.8 Å². The summed E-state index contributed by atoms with van der Waals surface area (Å²) in [5.74, 6) is -0.242. The molecule has 1 amide bonds. The highest BCUT2D eigenvalue weighted by molar-refractivity contribution is 9.10. The summed E-state index contributed by atoms with van der Waals surface area (Å²) >= 11 is 3.51. The minimum atomic E-state index is -4.08. The second-order valence-electron chi connectivity index (χ2n) is 8.66. The van der Waals surface area contributed by atoms with E-state index in [0.29, 0.717) is 12.4 Å². The van der Waals surface area contributed by atoms with Crippen LogP contribution in [-0.4, -0.2) is 38.3 Å². The molecule has 10 heteroatoms. The van der Waals surface area contributed by atoms with Crippen LogP contribution in [0.3, 0.4) is 0 Å². The molecule has 39 heavy (non-hydrogen) atoms. The molecule has 4 aromatic rings. The van der Waals surface area contributed by atoms with Crippen LogP contribution in [0.1, 0.15) is 23.9 Å². The average molecular weight is 610 g/mol. The summed E-state index contributed by atoms with van der Waals surface area (Å²) in [7, 11) is -4.08. The van der Waals surface area contributed by atoms with Crippen molar-refractivity contribution in [1.29, 1.82) is 0 Å². The molecule has 0 fully saturated rings. The maximum absolute atomic E-state index is 13.6. The summed E-state index contributed by atoms with van der Waals surface area (Å²) in [5.41, 5.74) is 6.51. The number of anilines is 1. The molecule has 0 aliphatic carbocycles. The lowest BCUT2D eigenvalue weighted by Crippen LogP contribution is -2.39. The highest BCUT2D eigenvalue weighted by atomic mass is 79.9. The van der Waals surface area contributed by atoms with E-state index < -0.39 is 22.5 Å². The fraction of sp³-hybridized carbons (Fsp3) is 0.172. The minimum Gasteiger partial charge on any atom is -0.492 e. The van der Waals surface area contributed by atoms with Gasteiger partial charge in [-0.2, -0.15) is 5.10 Å². The Morgan fingerprint density at radius 1 is 1.03 bits per heavy atom. The number of hydrogen-bond donors (Lipinski definition) is 1. The van der Waals surface area contributed by atoms with E-state index in [0.717, 1.165) is 31.4 Å². The average Bonchev–Trinajstić information content (AvgIpc) is 3.21. The highest BCUT2D eigenvalue weighted by Gasteiger charge is 2.29. The topological polar surface area (TPSA) is 93.0 Å². The second kappa shape index (κ2) is 12.3. The number of hydrazone groups is 1. The number of aryl methyl sites for hydroxylation is 1. The Bertz CT molecular complexity index is 1600. The molecule has 0 atom stereocenters. The molecule has 0 saturated carbocycles. The zero-order valence-corrected chi connectivity index (χ0v) is 24.2. The molecule has 0 radical (unpaired) electrons. The Balaban J connectivity index is 1.58. The Kier molecular flexibility index (Phi) is 8.88. The van der Waals surface area contributed by atoms with E-state index in [1.165, 1.54) is 12.1 Å². The molecule has 1 heterocycles. The maximum Gasteiger partial charge on any atom is 0.264 e. The van der Waals surface area contributed by atoms with Crippen molar-refractivity contribution in [3.8, 4) is 11.4 Å². The molecule has 8 nitrogen and oxygen atoms in total. The largest absolute Gasteiger partial charge is 0.492 e. The first-order chi connectivity index (χ1) is 18.7. The predicted octanol–water partition coefficient (Wildman–Crippen LogP) is 5.60. The van der Waals surface area contributed by atoms with Gasteiger partial charge < -0.3 is 9.30 Å². The first kappa shape index (κ1) is 28.1. The number of ether oxygens (including phenoxy) is 1. The zero-order chi connectivity index (χ0) is 28.0. The Morgan fingerprint density at radius 2 is 1.74 bits per heavy atom. The number of hydrogen-bond acceptors (Lipinski definition) is 5. The summed E-state index contributed by atoms with van der Waals surface area (Å²) in [6, 6.07) is 24.6. The number of halogens is 1. The molecule has 0 spiro atoms.